The number of aliphatic hydroxyl groups is 1. The first-order valence-corrected chi connectivity index (χ1v) is 8.80. The lowest BCUT2D eigenvalue weighted by Crippen LogP contribution is -2.55. The Morgan fingerprint density at radius 2 is 2.21 bits per heavy atom. The minimum absolute atomic E-state index is 0.0831. The molecule has 1 amide bonds. The second kappa shape index (κ2) is 8.60. The van der Waals surface area contributed by atoms with E-state index in [2.05, 4.69) is 27.2 Å². The van der Waals surface area contributed by atoms with Gasteiger partial charge in [-0.25, -0.2) is 0 Å². The van der Waals surface area contributed by atoms with E-state index in [4.69, 9.17) is 4.52 Å². The van der Waals surface area contributed by atoms with Gasteiger partial charge < -0.3 is 9.63 Å². The van der Waals surface area contributed by atoms with E-state index < -0.39 is 0 Å². The molecule has 1 aliphatic rings. The highest BCUT2D eigenvalue weighted by atomic mass is 16.5. The molecular weight excluding hydrogens is 308 g/mol. The summed E-state index contributed by atoms with van der Waals surface area (Å²) in [6.45, 7) is 11.6. The van der Waals surface area contributed by atoms with Gasteiger partial charge in [0, 0.05) is 38.3 Å². The van der Waals surface area contributed by atoms with Crippen LogP contribution in [0.3, 0.4) is 0 Å². The number of carbonyl (C=O) groups is 1. The van der Waals surface area contributed by atoms with Crippen molar-refractivity contribution in [1.82, 2.24) is 15.0 Å². The first-order chi connectivity index (χ1) is 11.4. The Balaban J connectivity index is 1.83. The molecule has 1 aromatic rings. The summed E-state index contributed by atoms with van der Waals surface area (Å²) in [7, 11) is 0. The van der Waals surface area contributed by atoms with Crippen LogP contribution in [0.2, 0.25) is 0 Å². The average molecular weight is 338 g/mol. The summed E-state index contributed by atoms with van der Waals surface area (Å²) in [4.78, 5) is 16.7. The molecule has 24 heavy (non-hydrogen) atoms. The van der Waals surface area contributed by atoms with Crippen LogP contribution in [-0.4, -0.2) is 70.8 Å². The van der Waals surface area contributed by atoms with Crippen molar-refractivity contribution in [2.45, 2.75) is 52.2 Å². The lowest BCUT2D eigenvalue weighted by Gasteiger charge is -2.41. The van der Waals surface area contributed by atoms with Crippen LogP contribution in [0.25, 0.3) is 0 Å². The van der Waals surface area contributed by atoms with Crippen molar-refractivity contribution in [1.29, 1.82) is 0 Å². The Morgan fingerprint density at radius 1 is 1.46 bits per heavy atom. The summed E-state index contributed by atoms with van der Waals surface area (Å²) in [5.74, 6) is 0.593. The Bertz CT molecular complexity index is 530. The minimum Gasteiger partial charge on any atom is -0.392 e. The Labute approximate surface area is 144 Å². The van der Waals surface area contributed by atoms with Gasteiger partial charge in [0.1, 0.15) is 0 Å². The summed E-state index contributed by atoms with van der Waals surface area (Å²) >= 11 is 0. The van der Waals surface area contributed by atoms with Crippen LogP contribution < -0.4 is 5.32 Å². The molecule has 2 heterocycles. The molecule has 0 aliphatic carbocycles. The lowest BCUT2D eigenvalue weighted by atomic mass is 10.1. The van der Waals surface area contributed by atoms with Gasteiger partial charge in [-0.2, -0.15) is 0 Å². The van der Waals surface area contributed by atoms with E-state index in [1.54, 1.807) is 6.07 Å². The predicted molar refractivity (Wildman–Crippen MR) is 93.0 cm³/mol. The van der Waals surface area contributed by atoms with Crippen LogP contribution in [0.1, 0.15) is 45.7 Å². The van der Waals surface area contributed by atoms with Crippen LogP contribution in [0.15, 0.2) is 10.6 Å². The summed E-state index contributed by atoms with van der Waals surface area (Å²) in [6.07, 6.45) is 0.681. The fourth-order valence-electron chi connectivity index (χ4n) is 3.07. The van der Waals surface area contributed by atoms with Crippen LogP contribution in [0, 0.1) is 0 Å². The van der Waals surface area contributed by atoms with Gasteiger partial charge in [-0.15, -0.1) is 0 Å². The number of hydrogen-bond donors (Lipinski definition) is 2. The van der Waals surface area contributed by atoms with Crippen molar-refractivity contribution in [3.05, 3.63) is 11.8 Å². The Hall–Kier alpha value is -1.44. The number of nitrogens with one attached hydrogen (secondary N) is 1. The Kier molecular flexibility index (Phi) is 6.77. The molecule has 0 spiro atoms. The molecule has 0 saturated carbocycles. The van der Waals surface area contributed by atoms with Crippen molar-refractivity contribution < 1.29 is 14.4 Å². The molecule has 1 saturated heterocycles. The first-order valence-electron chi connectivity index (χ1n) is 8.80. The number of piperazine rings is 1. The number of nitrogens with zero attached hydrogens (tertiary/aromatic N) is 3. The van der Waals surface area contributed by atoms with E-state index in [-0.39, 0.29) is 17.9 Å². The van der Waals surface area contributed by atoms with E-state index in [0.29, 0.717) is 25.0 Å². The van der Waals surface area contributed by atoms with Gasteiger partial charge in [0.2, 0.25) is 11.8 Å². The number of hydrogen-bond acceptors (Lipinski definition) is 6. The molecule has 0 unspecified atom stereocenters. The molecule has 7 heteroatoms. The quantitative estimate of drug-likeness (QED) is 0.784. The second-order valence-corrected chi connectivity index (χ2v) is 6.96. The third kappa shape index (κ3) is 5.29. The molecule has 2 N–H and O–H groups in total. The lowest BCUT2D eigenvalue weighted by molar-refractivity contribution is -0.118. The summed E-state index contributed by atoms with van der Waals surface area (Å²) in [6, 6.07) is 2.15. The van der Waals surface area contributed by atoms with Crippen molar-refractivity contribution in [2.24, 2.45) is 0 Å². The molecule has 2 rings (SSSR count). The number of β-amino-alcohol motifs (C(OH)–C–C–N with tert-alkyl or cyclic N) is 1. The molecule has 1 aromatic heterocycles. The number of aliphatic hydroxyl groups excluding tert-OH is 1. The van der Waals surface area contributed by atoms with Crippen LogP contribution in [-0.2, 0) is 4.79 Å². The van der Waals surface area contributed by atoms with E-state index >= 15 is 0 Å². The van der Waals surface area contributed by atoms with E-state index in [0.717, 1.165) is 31.7 Å². The third-order valence-electron chi connectivity index (χ3n) is 4.41. The zero-order chi connectivity index (χ0) is 17.7. The largest absolute Gasteiger partial charge is 0.392 e. The van der Waals surface area contributed by atoms with Gasteiger partial charge in [0.05, 0.1) is 18.3 Å². The van der Waals surface area contributed by atoms with Gasteiger partial charge in [0.25, 0.3) is 0 Å². The second-order valence-electron chi connectivity index (χ2n) is 6.96. The maximum Gasteiger partial charge on any atom is 0.240 e. The SMILES string of the molecule is CC[C@H]1CN(CC(=O)Nc2cc(C(C)C)no2)CCN1C[C@@H](C)O. The molecule has 1 fully saturated rings. The number of amides is 1. The van der Waals surface area contributed by atoms with Crippen molar-refractivity contribution >= 4 is 11.8 Å². The normalized spacial score (nSPS) is 21.2. The summed E-state index contributed by atoms with van der Waals surface area (Å²) in [5.41, 5.74) is 0.836. The summed E-state index contributed by atoms with van der Waals surface area (Å²) in [5, 5.41) is 16.3. The van der Waals surface area contributed by atoms with Crippen molar-refractivity contribution in [3.8, 4) is 0 Å². The average Bonchev–Trinajstić information content (AvgIpc) is 2.96. The zero-order valence-electron chi connectivity index (χ0n) is 15.2. The maximum atomic E-state index is 12.2. The van der Waals surface area contributed by atoms with Crippen LogP contribution >= 0.6 is 0 Å². The van der Waals surface area contributed by atoms with Crippen molar-refractivity contribution in [3.63, 3.8) is 0 Å². The zero-order valence-corrected chi connectivity index (χ0v) is 15.2. The smallest absolute Gasteiger partial charge is 0.240 e. The molecule has 0 aromatic carbocycles. The molecule has 0 radical (unpaired) electrons. The van der Waals surface area contributed by atoms with E-state index in [1.807, 2.05) is 20.8 Å². The predicted octanol–water partition coefficient (Wildman–Crippen LogP) is 1.51. The third-order valence-corrected chi connectivity index (χ3v) is 4.41. The molecule has 136 valence electrons. The van der Waals surface area contributed by atoms with Crippen molar-refractivity contribution in [2.75, 3.05) is 38.0 Å². The molecular formula is C17H30N4O3. The highest BCUT2D eigenvalue weighted by molar-refractivity contribution is 5.91. The number of carbonyl (C=O) groups excluding carboxylic acids is 1. The molecule has 1 aliphatic heterocycles. The van der Waals surface area contributed by atoms with Crippen LogP contribution in [0.5, 0.6) is 0 Å². The van der Waals surface area contributed by atoms with Gasteiger partial charge in [-0.3, -0.25) is 19.9 Å². The highest BCUT2D eigenvalue weighted by Gasteiger charge is 2.27. The maximum absolute atomic E-state index is 12.2. The molecule has 7 nitrogen and oxygen atoms in total. The number of aromatic nitrogens is 1. The minimum atomic E-state index is -0.324. The Morgan fingerprint density at radius 3 is 2.79 bits per heavy atom. The fourth-order valence-corrected chi connectivity index (χ4v) is 3.07. The van der Waals surface area contributed by atoms with Gasteiger partial charge in [-0.05, 0) is 19.3 Å². The fraction of sp³-hybridized carbons (Fsp3) is 0.765. The van der Waals surface area contributed by atoms with Gasteiger partial charge in [0.15, 0.2) is 0 Å². The highest BCUT2D eigenvalue weighted by Crippen LogP contribution is 2.18. The molecule has 2 atom stereocenters. The van der Waals surface area contributed by atoms with Gasteiger partial charge in [-0.1, -0.05) is 25.9 Å². The van der Waals surface area contributed by atoms with Gasteiger partial charge >= 0.3 is 0 Å². The first kappa shape index (κ1) is 18.9. The number of anilines is 1. The standard InChI is InChI=1S/C17H30N4O3/c1-5-14-10-20(6-7-21(14)9-13(4)22)11-16(23)18-17-8-15(12(2)3)19-24-17/h8,12-14,22H,5-7,9-11H2,1-4H3,(H,18,23)/t13-,14+/m1/s1. The number of rotatable bonds is 7. The van der Waals surface area contributed by atoms with E-state index in [9.17, 15) is 9.90 Å². The molecule has 0 bridgehead atoms. The monoisotopic (exact) mass is 338 g/mol. The van der Waals surface area contributed by atoms with Crippen LogP contribution in [0.4, 0.5) is 5.88 Å². The van der Waals surface area contributed by atoms with E-state index in [1.165, 1.54) is 0 Å². The summed E-state index contributed by atoms with van der Waals surface area (Å²) < 4.78 is 5.15. The topological polar surface area (TPSA) is 81.8 Å².